The molecule has 60 heteroatoms. The minimum absolute atomic E-state index is 0.00364. The molecule has 0 unspecified atom stereocenters. The summed E-state index contributed by atoms with van der Waals surface area (Å²) in [6.45, 7) is 1.89. The first-order chi connectivity index (χ1) is 70.7. The van der Waals surface area contributed by atoms with E-state index in [4.69, 9.17) is 53.1 Å². The largest absolute Gasteiger partial charge is 0.394 e. The number of ether oxygens (including phenoxy) is 10. The Labute approximate surface area is 846 Å². The van der Waals surface area contributed by atoms with Crippen molar-refractivity contribution in [2.75, 3.05) is 210 Å². The molecule has 25 N–H and O–H groups in total. The molecule has 60 nitrogen and oxygen atoms in total. The van der Waals surface area contributed by atoms with Gasteiger partial charge < -0.3 is 188 Å². The first-order valence-electron chi connectivity index (χ1n) is 48.9. The number of aryl methyl sites for hydroxylation is 3. The van der Waals surface area contributed by atoms with E-state index in [1.165, 1.54) is 35.7 Å². The fourth-order valence-corrected chi connectivity index (χ4v) is 14.3. The molecule has 15 atom stereocenters. The molecule has 0 saturated carbocycles. The number of carbonyl (C=O) groups excluding carboxylic acids is 14. The summed E-state index contributed by atoms with van der Waals surface area (Å²) in [6.07, 6.45) is -18.4. The van der Waals surface area contributed by atoms with Gasteiger partial charge in [0.05, 0.1) is 129 Å². The zero-order valence-electron chi connectivity index (χ0n) is 82.6. The van der Waals surface area contributed by atoms with Gasteiger partial charge in [-0.3, -0.25) is 67.1 Å². The molecule has 0 bridgehead atoms. The molecule has 0 aromatic carbocycles. The van der Waals surface area contributed by atoms with Crippen LogP contribution in [0.1, 0.15) is 107 Å². The van der Waals surface area contributed by atoms with Crippen molar-refractivity contribution >= 4 is 82.7 Å². The van der Waals surface area contributed by atoms with Crippen molar-refractivity contribution < 1.29 is 176 Å². The lowest BCUT2D eigenvalue weighted by atomic mass is 9.99. The maximum Gasteiger partial charge on any atom is 0.223 e. The second kappa shape index (κ2) is 71.7. The summed E-state index contributed by atoms with van der Waals surface area (Å²) >= 11 is 0. The molecular weight excluding hydrogens is 1960 g/mol. The molecule has 832 valence electrons. The third-order valence-corrected chi connectivity index (χ3v) is 22.6. The zero-order chi connectivity index (χ0) is 107. The van der Waals surface area contributed by atoms with Crippen molar-refractivity contribution in [2.45, 2.75) is 221 Å². The minimum Gasteiger partial charge on any atom is -0.394 e. The van der Waals surface area contributed by atoms with E-state index in [1.807, 2.05) is 0 Å². The van der Waals surface area contributed by atoms with Crippen LogP contribution in [0.2, 0.25) is 0 Å². The smallest absolute Gasteiger partial charge is 0.223 e. The van der Waals surface area contributed by atoms with Gasteiger partial charge in [-0.05, 0) is 0 Å². The molecule has 0 radical (unpaired) electrons. The number of aliphatic hydroxyl groups excluding tert-OH is 12. The molecule has 3 aromatic rings. The number of hydrogen-bond donors (Lipinski definition) is 24. The van der Waals surface area contributed by atoms with Crippen LogP contribution in [0.4, 0.5) is 0 Å². The van der Waals surface area contributed by atoms with Crippen LogP contribution in [-0.2, 0) is 153 Å². The Morgan fingerprint density at radius 3 is 0.735 bits per heavy atom. The predicted molar refractivity (Wildman–Crippen MR) is 501 cm³/mol. The van der Waals surface area contributed by atoms with Gasteiger partial charge in [-0.2, -0.15) is 0 Å². The molecule has 0 aliphatic carbocycles. The van der Waals surface area contributed by atoms with Gasteiger partial charge in [-0.15, -0.1) is 15.3 Å². The average molecular weight is 2110 g/mol. The summed E-state index contributed by atoms with van der Waals surface area (Å²) in [7, 11) is 0. The van der Waals surface area contributed by atoms with E-state index < -0.39 is 171 Å². The van der Waals surface area contributed by atoms with Crippen molar-refractivity contribution in [3.63, 3.8) is 0 Å². The molecule has 6 heterocycles. The SMILES string of the molecule is CC(=O)NCCN(CCNC(=O)CCC(=O)NCCOCCOCCNC(=O)CCC(=O)NCCN(CCNC(=O)CCC(=O)NCCOCCOCCNC(=O)CCC(=O)NCCN(CCNC(=O)CCC(=O)NCCN)C(=O)CCc1cn(CCO[C@@H]2O[C@H](CO)[C@H](O)[C@H](O)[C@H]2O)nn1)C(=O)CCc1cn(CCO[C@@H]2O[C@H](CO)[C@H](O)[C@H](O)[C@H]2O)nn1)C(=O)CCc1cn(CCO[C@@H]2O[C@H](CO)[C@H](O)[C@H](O)[C@H]2O)nn1. The number of aliphatic hydroxyl groups is 12. The van der Waals surface area contributed by atoms with Gasteiger partial charge in [0.2, 0.25) is 82.7 Å². The van der Waals surface area contributed by atoms with Gasteiger partial charge in [0, 0.05) is 246 Å². The Morgan fingerprint density at radius 2 is 0.517 bits per heavy atom. The number of hydrogen-bond acceptors (Lipinski definition) is 43. The van der Waals surface area contributed by atoms with Crippen molar-refractivity contribution in [2.24, 2.45) is 5.73 Å². The van der Waals surface area contributed by atoms with Crippen LogP contribution < -0.4 is 64.2 Å². The minimum atomic E-state index is -1.64. The van der Waals surface area contributed by atoms with Crippen molar-refractivity contribution in [3.8, 4) is 0 Å². The maximum absolute atomic E-state index is 13.8. The van der Waals surface area contributed by atoms with Gasteiger partial charge in [0.15, 0.2) is 18.9 Å². The van der Waals surface area contributed by atoms with Gasteiger partial charge in [-0.1, -0.05) is 15.6 Å². The summed E-state index contributed by atoms with van der Waals surface area (Å²) in [6, 6.07) is 0. The number of aromatic nitrogens is 9. The van der Waals surface area contributed by atoms with Crippen molar-refractivity contribution in [1.29, 1.82) is 0 Å². The van der Waals surface area contributed by atoms with Gasteiger partial charge in [0.1, 0.15) is 73.2 Å². The van der Waals surface area contributed by atoms with E-state index in [-0.39, 0.29) is 336 Å². The molecule has 147 heavy (non-hydrogen) atoms. The van der Waals surface area contributed by atoms with Gasteiger partial charge >= 0.3 is 0 Å². The molecule has 3 aliphatic rings. The normalized spacial score (nSPS) is 20.6. The van der Waals surface area contributed by atoms with Crippen molar-refractivity contribution in [1.82, 2.24) is 118 Å². The quantitative estimate of drug-likeness (QED) is 0.0233. The van der Waals surface area contributed by atoms with Gasteiger partial charge in [-0.25, -0.2) is 14.0 Å². The third kappa shape index (κ3) is 50.3. The summed E-state index contributed by atoms with van der Waals surface area (Å²) in [5.74, 6) is -5.75. The molecule has 14 amide bonds. The van der Waals surface area contributed by atoms with Crippen LogP contribution in [0, 0.1) is 0 Å². The molecule has 3 fully saturated rings. The Balaban J connectivity index is 0.798. The first-order valence-corrected chi connectivity index (χ1v) is 48.9. The molecular formula is C87H148N24O36. The highest BCUT2D eigenvalue weighted by atomic mass is 16.7. The second-order valence-electron chi connectivity index (χ2n) is 34.0. The molecule has 0 spiro atoms. The monoisotopic (exact) mass is 2110 g/mol. The van der Waals surface area contributed by atoms with E-state index in [9.17, 15) is 128 Å². The second-order valence-corrected chi connectivity index (χ2v) is 34.0. The van der Waals surface area contributed by atoms with Crippen LogP contribution in [0.5, 0.6) is 0 Å². The average Bonchev–Trinajstić information content (AvgIpc) is 1.71. The highest BCUT2D eigenvalue weighted by Gasteiger charge is 2.47. The summed E-state index contributed by atoms with van der Waals surface area (Å²) in [5.41, 5.74) is 6.72. The third-order valence-electron chi connectivity index (χ3n) is 22.6. The summed E-state index contributed by atoms with van der Waals surface area (Å²) in [4.78, 5) is 183. The van der Waals surface area contributed by atoms with Crippen LogP contribution >= 0.6 is 0 Å². The highest BCUT2D eigenvalue weighted by Crippen LogP contribution is 2.25. The molecule has 3 aromatic heterocycles. The Morgan fingerprint density at radius 1 is 0.299 bits per heavy atom. The number of nitrogens with zero attached hydrogens (tertiary/aromatic N) is 12. The van der Waals surface area contributed by atoms with Crippen LogP contribution in [0.25, 0.3) is 0 Å². The fraction of sp³-hybridized carbons (Fsp3) is 0.770. The standard InChI is InChI=1S/C87H148N24O36/c1-56(115)89-20-30-106(73(126)15-2-57-50-109(103-100-57)36-43-142-85-82(135)79(132)76(129)60(53-112)145-85)31-21-91-65(118)7-11-69(122)96-26-39-138-46-47-139-40-28-98-71(124)13-9-67(120)94-24-34-108(75(128)17-4-59-52-111(105-102-59)38-45-144-87-84(137)81(134)78(131)62(55-114)147-87)35-25-95-68(121)10-14-72(125)99-29-42-141-49-48-140-41-27-97-70(123)12-8-66(119)93-23-33-107(32-22-92-64(117)6-5-63(116)90-19-18-88)74(127)16-3-58-51-110(104-101-58)37-44-143-86-83(136)80(133)77(130)61(54-113)146-86/h50-52,60-62,76-87,112-114,129-137H,2-49,53-55,88H2,1H3,(H,89,115)(H,90,116)(H,91,118)(H,92,117)(H,93,119)(H,94,120)(H,95,121)(H,96,122)(H,97,123)(H,98,124)(H,99,125)/t60-,61-,62-,76+,77+,78+,79+,80+,81+,82-,83-,84-,85-,86-,87-/m1/s1. The van der Waals surface area contributed by atoms with Crippen LogP contribution in [0.15, 0.2) is 18.6 Å². The lowest BCUT2D eigenvalue weighted by Gasteiger charge is -2.39. The van der Waals surface area contributed by atoms with Crippen molar-refractivity contribution in [3.05, 3.63) is 35.7 Å². The predicted octanol–water partition coefficient (Wildman–Crippen LogP) is -15.2. The number of nitrogens with one attached hydrogen (secondary N) is 11. The Kier molecular flexibility index (Phi) is 60.8. The van der Waals surface area contributed by atoms with E-state index >= 15 is 0 Å². The number of carbonyl (C=O) groups is 14. The molecule has 3 aliphatic heterocycles. The topological polar surface area (TPSA) is 834 Å². The van der Waals surface area contributed by atoms with Crippen LogP contribution in [-0.4, -0.2) is 506 Å². The van der Waals surface area contributed by atoms with E-state index in [1.54, 1.807) is 18.6 Å². The first kappa shape index (κ1) is 125. The lowest BCUT2D eigenvalue weighted by Crippen LogP contribution is -2.59. The van der Waals surface area contributed by atoms with Crippen LogP contribution in [0.3, 0.4) is 0 Å². The highest BCUT2D eigenvalue weighted by molar-refractivity contribution is 5.87. The van der Waals surface area contributed by atoms with E-state index in [0.29, 0.717) is 17.1 Å². The zero-order valence-corrected chi connectivity index (χ0v) is 82.6. The van der Waals surface area contributed by atoms with Gasteiger partial charge in [0.25, 0.3) is 0 Å². The molecule has 3 saturated heterocycles. The Hall–Kier alpha value is -10.9. The van der Waals surface area contributed by atoms with E-state index in [2.05, 4.69) is 89.4 Å². The fourth-order valence-electron chi connectivity index (χ4n) is 14.3. The summed E-state index contributed by atoms with van der Waals surface area (Å²) < 4.78 is 58.9. The maximum atomic E-state index is 13.8. The lowest BCUT2D eigenvalue weighted by molar-refractivity contribution is -0.301. The number of amides is 14. The number of rotatable bonds is 77. The molecule has 6 rings (SSSR count). The Bertz CT molecular complexity index is 4410. The summed E-state index contributed by atoms with van der Waals surface area (Å²) in [5, 5.41) is 173. The van der Waals surface area contributed by atoms with E-state index in [0.717, 1.165) is 0 Å². The number of nitrogens with two attached hydrogens (primary N) is 1.